The molecule has 6 heteroatoms. The molecular formula is C21H36N4O2. The average molecular weight is 377 g/mol. The molecule has 152 valence electrons. The number of hydrogen-bond donors (Lipinski definition) is 1. The minimum absolute atomic E-state index is 0.673. The van der Waals surface area contributed by atoms with E-state index < -0.39 is 0 Å². The number of piperidine rings is 1. The lowest BCUT2D eigenvalue weighted by molar-refractivity contribution is 0.121. The number of rotatable bonds is 9. The smallest absolute Gasteiger partial charge is 0.193 e. The van der Waals surface area contributed by atoms with Crippen LogP contribution in [0.4, 0.5) is 0 Å². The van der Waals surface area contributed by atoms with Gasteiger partial charge in [0.05, 0.1) is 13.7 Å². The van der Waals surface area contributed by atoms with E-state index >= 15 is 0 Å². The molecule has 1 N–H and O–H groups in total. The van der Waals surface area contributed by atoms with Crippen LogP contribution in [0.1, 0.15) is 25.3 Å². The Morgan fingerprint density at radius 3 is 2.52 bits per heavy atom. The summed E-state index contributed by atoms with van der Waals surface area (Å²) < 4.78 is 10.4. The molecule has 1 heterocycles. The van der Waals surface area contributed by atoms with Crippen molar-refractivity contribution in [2.24, 2.45) is 10.9 Å². The van der Waals surface area contributed by atoms with E-state index in [4.69, 9.17) is 14.5 Å². The molecular weight excluding hydrogens is 340 g/mol. The van der Waals surface area contributed by atoms with Crippen LogP contribution >= 0.6 is 0 Å². The Bertz CT molecular complexity index is 554. The van der Waals surface area contributed by atoms with Crippen molar-refractivity contribution in [3.8, 4) is 5.75 Å². The fourth-order valence-electron chi connectivity index (χ4n) is 3.38. The van der Waals surface area contributed by atoms with Gasteiger partial charge in [-0.05, 0) is 56.5 Å². The molecule has 6 nitrogen and oxygen atoms in total. The molecule has 1 saturated heterocycles. The van der Waals surface area contributed by atoms with Crippen LogP contribution in [0.2, 0.25) is 0 Å². The quantitative estimate of drug-likeness (QED) is 0.530. The predicted molar refractivity (Wildman–Crippen MR) is 111 cm³/mol. The molecule has 0 saturated carbocycles. The second-order valence-corrected chi connectivity index (χ2v) is 7.18. The number of ether oxygens (including phenoxy) is 2. The number of benzene rings is 1. The monoisotopic (exact) mass is 376 g/mol. The van der Waals surface area contributed by atoms with Crippen molar-refractivity contribution in [2.75, 3.05) is 60.6 Å². The van der Waals surface area contributed by atoms with Gasteiger partial charge in [-0.1, -0.05) is 12.1 Å². The maximum absolute atomic E-state index is 5.24. The van der Waals surface area contributed by atoms with Crippen LogP contribution < -0.4 is 10.1 Å². The van der Waals surface area contributed by atoms with Gasteiger partial charge in [0.15, 0.2) is 5.96 Å². The second kappa shape index (κ2) is 11.8. The molecule has 1 aliphatic heterocycles. The van der Waals surface area contributed by atoms with Gasteiger partial charge in [-0.3, -0.25) is 4.99 Å². The van der Waals surface area contributed by atoms with Crippen LogP contribution in [0.5, 0.6) is 5.75 Å². The van der Waals surface area contributed by atoms with Crippen molar-refractivity contribution < 1.29 is 9.47 Å². The molecule has 1 aromatic carbocycles. The summed E-state index contributed by atoms with van der Waals surface area (Å²) >= 11 is 0. The van der Waals surface area contributed by atoms with Gasteiger partial charge >= 0.3 is 0 Å². The molecule has 2 rings (SSSR count). The second-order valence-electron chi connectivity index (χ2n) is 7.18. The van der Waals surface area contributed by atoms with Gasteiger partial charge in [0, 0.05) is 40.3 Å². The summed E-state index contributed by atoms with van der Waals surface area (Å²) in [5.41, 5.74) is 1.25. The molecule has 0 radical (unpaired) electrons. The Labute approximate surface area is 164 Å². The SMILES string of the molecule is CCNC(=NCC1CCN(CCOC)CC1)N(C)Cc1ccc(OC)cc1. The zero-order valence-electron chi connectivity index (χ0n) is 17.4. The van der Waals surface area contributed by atoms with Gasteiger partial charge in [0.25, 0.3) is 0 Å². The summed E-state index contributed by atoms with van der Waals surface area (Å²) in [5, 5.41) is 3.43. The maximum Gasteiger partial charge on any atom is 0.193 e. The summed E-state index contributed by atoms with van der Waals surface area (Å²) in [7, 11) is 5.56. The first kappa shape index (κ1) is 21.5. The minimum atomic E-state index is 0.673. The van der Waals surface area contributed by atoms with Crippen LogP contribution in [-0.2, 0) is 11.3 Å². The topological polar surface area (TPSA) is 49.3 Å². The highest BCUT2D eigenvalue weighted by Crippen LogP contribution is 2.17. The van der Waals surface area contributed by atoms with Gasteiger partial charge < -0.3 is 24.6 Å². The number of nitrogens with one attached hydrogen (secondary N) is 1. The molecule has 27 heavy (non-hydrogen) atoms. The van der Waals surface area contributed by atoms with Crippen LogP contribution in [0, 0.1) is 5.92 Å². The third-order valence-electron chi connectivity index (χ3n) is 5.09. The molecule has 0 bridgehead atoms. The fourth-order valence-corrected chi connectivity index (χ4v) is 3.38. The van der Waals surface area contributed by atoms with Crippen LogP contribution in [0.15, 0.2) is 29.3 Å². The lowest BCUT2D eigenvalue weighted by Gasteiger charge is -2.31. The summed E-state index contributed by atoms with van der Waals surface area (Å²) in [5.74, 6) is 2.54. The summed E-state index contributed by atoms with van der Waals surface area (Å²) in [6, 6.07) is 8.22. The number of hydrogen-bond acceptors (Lipinski definition) is 4. The number of likely N-dealkylation sites (tertiary alicyclic amines) is 1. The molecule has 0 spiro atoms. The van der Waals surface area contributed by atoms with Crippen molar-refractivity contribution in [3.05, 3.63) is 29.8 Å². The molecule has 1 aliphatic rings. The first-order chi connectivity index (χ1) is 13.2. The van der Waals surface area contributed by atoms with E-state index in [9.17, 15) is 0 Å². The van der Waals surface area contributed by atoms with Gasteiger partial charge in [-0.15, -0.1) is 0 Å². The highest BCUT2D eigenvalue weighted by molar-refractivity contribution is 5.79. The Morgan fingerprint density at radius 2 is 1.93 bits per heavy atom. The molecule has 0 aliphatic carbocycles. The highest BCUT2D eigenvalue weighted by Gasteiger charge is 2.19. The number of guanidine groups is 1. The van der Waals surface area contributed by atoms with Gasteiger partial charge in [-0.2, -0.15) is 0 Å². The zero-order chi connectivity index (χ0) is 19.5. The van der Waals surface area contributed by atoms with E-state index in [1.54, 1.807) is 14.2 Å². The standard InChI is InChI=1S/C21H36N4O2/c1-5-22-21(24(2)17-19-6-8-20(27-4)9-7-19)23-16-18-10-12-25(13-11-18)14-15-26-3/h6-9,18H,5,10-17H2,1-4H3,(H,22,23). The third kappa shape index (κ3) is 7.39. The van der Waals surface area contributed by atoms with E-state index in [-0.39, 0.29) is 0 Å². The van der Waals surface area contributed by atoms with Gasteiger partial charge in [-0.25, -0.2) is 0 Å². The molecule has 1 aromatic rings. The number of nitrogens with zero attached hydrogens (tertiary/aromatic N) is 3. The van der Waals surface area contributed by atoms with E-state index in [2.05, 4.69) is 41.2 Å². The van der Waals surface area contributed by atoms with Gasteiger partial charge in [0.2, 0.25) is 0 Å². The van der Waals surface area contributed by atoms with Crippen LogP contribution in [-0.4, -0.2) is 76.4 Å². The first-order valence-electron chi connectivity index (χ1n) is 10.00. The van der Waals surface area contributed by atoms with Crippen molar-refractivity contribution in [1.29, 1.82) is 0 Å². The summed E-state index contributed by atoms with van der Waals surface area (Å²) in [6.07, 6.45) is 2.43. The molecule has 0 aromatic heterocycles. The van der Waals surface area contributed by atoms with E-state index in [1.807, 2.05) is 12.1 Å². The summed E-state index contributed by atoms with van der Waals surface area (Å²) in [6.45, 7) is 8.89. The molecule has 0 unspecified atom stereocenters. The fraction of sp³-hybridized carbons (Fsp3) is 0.667. The third-order valence-corrected chi connectivity index (χ3v) is 5.09. The number of aliphatic imine (C=N–C) groups is 1. The van der Waals surface area contributed by atoms with Crippen LogP contribution in [0.25, 0.3) is 0 Å². The Balaban J connectivity index is 1.85. The zero-order valence-corrected chi connectivity index (χ0v) is 17.4. The Hall–Kier alpha value is -1.79. The molecule has 1 fully saturated rings. The minimum Gasteiger partial charge on any atom is -0.497 e. The van der Waals surface area contributed by atoms with Crippen LogP contribution in [0.3, 0.4) is 0 Å². The van der Waals surface area contributed by atoms with Crippen molar-refractivity contribution >= 4 is 5.96 Å². The first-order valence-corrected chi connectivity index (χ1v) is 10.00. The van der Waals surface area contributed by atoms with Crippen molar-refractivity contribution in [3.63, 3.8) is 0 Å². The Kier molecular flexibility index (Phi) is 9.42. The van der Waals surface area contributed by atoms with E-state index in [0.717, 1.165) is 57.6 Å². The van der Waals surface area contributed by atoms with Crippen molar-refractivity contribution in [2.45, 2.75) is 26.3 Å². The summed E-state index contributed by atoms with van der Waals surface area (Å²) in [4.78, 5) is 9.60. The predicted octanol–water partition coefficient (Wildman–Crippen LogP) is 2.45. The maximum atomic E-state index is 5.24. The van der Waals surface area contributed by atoms with E-state index in [0.29, 0.717) is 5.92 Å². The molecule has 0 amide bonds. The average Bonchev–Trinajstić information content (AvgIpc) is 2.70. The van der Waals surface area contributed by atoms with Gasteiger partial charge in [0.1, 0.15) is 5.75 Å². The normalized spacial score (nSPS) is 16.4. The lowest BCUT2D eigenvalue weighted by atomic mass is 9.97. The van der Waals surface area contributed by atoms with Crippen molar-refractivity contribution in [1.82, 2.24) is 15.1 Å². The lowest BCUT2D eigenvalue weighted by Crippen LogP contribution is -2.40. The largest absolute Gasteiger partial charge is 0.497 e. The van der Waals surface area contributed by atoms with E-state index in [1.165, 1.54) is 18.4 Å². The molecule has 0 atom stereocenters. The number of methoxy groups -OCH3 is 2. The highest BCUT2D eigenvalue weighted by atomic mass is 16.5. The Morgan fingerprint density at radius 1 is 1.22 bits per heavy atom.